The quantitative estimate of drug-likeness (QED) is 0.380. The van der Waals surface area contributed by atoms with Gasteiger partial charge in [-0.1, -0.05) is 63.1 Å². The summed E-state index contributed by atoms with van der Waals surface area (Å²) in [4.78, 5) is 0. The molecule has 0 N–H and O–H groups in total. The Morgan fingerprint density at radius 3 is 1.80 bits per heavy atom. The molecule has 0 amide bonds. The number of unbranched alkanes of at least 4 members (excludes halogenated alkanes) is 7. The summed E-state index contributed by atoms with van der Waals surface area (Å²) in [5.74, 6) is 0. The molecular formula is C19H34N+. The first-order valence-electron chi connectivity index (χ1n) is 8.46. The minimum absolute atomic E-state index is 1.01. The molecule has 20 heavy (non-hydrogen) atoms. The fraction of sp³-hybridized carbons (Fsp3) is 0.684. The summed E-state index contributed by atoms with van der Waals surface area (Å²) in [6, 6.07) is 9.01. The van der Waals surface area contributed by atoms with Crippen LogP contribution in [0.2, 0.25) is 0 Å². The van der Waals surface area contributed by atoms with Crippen LogP contribution < -0.4 is 4.48 Å². The van der Waals surface area contributed by atoms with Gasteiger partial charge in [0.1, 0.15) is 5.69 Å². The van der Waals surface area contributed by atoms with Crippen molar-refractivity contribution in [3.05, 3.63) is 29.8 Å². The lowest BCUT2D eigenvalue weighted by Gasteiger charge is -2.29. The van der Waals surface area contributed by atoms with Crippen LogP contribution in [0.4, 0.5) is 5.69 Å². The van der Waals surface area contributed by atoms with Gasteiger partial charge in [-0.05, 0) is 31.9 Å². The normalized spacial score (nSPS) is 11.8. The molecule has 0 aromatic heterocycles. The number of rotatable bonds is 10. The third kappa shape index (κ3) is 6.56. The second-order valence-corrected chi connectivity index (χ2v) is 6.72. The van der Waals surface area contributed by atoms with Gasteiger partial charge in [-0.15, -0.1) is 0 Å². The van der Waals surface area contributed by atoms with Crippen LogP contribution in [-0.4, -0.2) is 20.6 Å². The molecule has 0 aliphatic heterocycles. The van der Waals surface area contributed by atoms with Crippen molar-refractivity contribution < 1.29 is 0 Å². The maximum atomic E-state index is 2.33. The summed E-state index contributed by atoms with van der Waals surface area (Å²) in [6.45, 7) is 5.69. The van der Waals surface area contributed by atoms with Gasteiger partial charge >= 0.3 is 0 Å². The van der Waals surface area contributed by atoms with Crippen molar-refractivity contribution in [3.8, 4) is 0 Å². The molecule has 1 aromatic rings. The lowest BCUT2D eigenvalue weighted by molar-refractivity contribution is 0.381. The van der Waals surface area contributed by atoms with Gasteiger partial charge in [0.15, 0.2) is 0 Å². The Labute approximate surface area is 126 Å². The number of quaternary nitrogens is 1. The van der Waals surface area contributed by atoms with E-state index >= 15 is 0 Å². The van der Waals surface area contributed by atoms with Crippen molar-refractivity contribution in [1.29, 1.82) is 0 Å². The van der Waals surface area contributed by atoms with Crippen LogP contribution in [0.25, 0.3) is 0 Å². The zero-order valence-corrected chi connectivity index (χ0v) is 14.1. The Bertz CT molecular complexity index is 351. The molecule has 0 unspecified atom stereocenters. The van der Waals surface area contributed by atoms with Gasteiger partial charge in [-0.3, -0.25) is 4.48 Å². The minimum Gasteiger partial charge on any atom is -0.296 e. The summed E-state index contributed by atoms with van der Waals surface area (Å²) in [5, 5.41) is 0. The second kappa shape index (κ2) is 9.18. The summed E-state index contributed by atoms with van der Waals surface area (Å²) >= 11 is 0. The van der Waals surface area contributed by atoms with Gasteiger partial charge in [0.05, 0.1) is 20.6 Å². The van der Waals surface area contributed by atoms with E-state index in [1.807, 2.05) is 0 Å². The zero-order valence-electron chi connectivity index (χ0n) is 14.1. The molecular weight excluding hydrogens is 242 g/mol. The highest BCUT2D eigenvalue weighted by Crippen LogP contribution is 2.20. The number of benzene rings is 1. The van der Waals surface area contributed by atoms with Crippen LogP contribution in [0, 0.1) is 6.92 Å². The molecule has 1 heteroatoms. The molecule has 0 atom stereocenters. The Morgan fingerprint density at radius 2 is 1.25 bits per heavy atom. The van der Waals surface area contributed by atoms with Gasteiger partial charge in [0, 0.05) is 0 Å². The van der Waals surface area contributed by atoms with E-state index in [1.165, 1.54) is 69.2 Å². The molecule has 0 fully saturated rings. The number of aryl methyl sites for hydroxylation is 1. The van der Waals surface area contributed by atoms with Crippen molar-refractivity contribution in [1.82, 2.24) is 4.48 Å². The molecule has 1 nitrogen and oxygen atoms in total. The van der Waals surface area contributed by atoms with Crippen LogP contribution >= 0.6 is 0 Å². The van der Waals surface area contributed by atoms with E-state index in [9.17, 15) is 0 Å². The molecule has 0 radical (unpaired) electrons. The van der Waals surface area contributed by atoms with Crippen molar-refractivity contribution >= 4 is 5.69 Å². The molecule has 0 bridgehead atoms. The van der Waals surface area contributed by atoms with Gasteiger partial charge in [-0.25, -0.2) is 0 Å². The Morgan fingerprint density at radius 1 is 0.750 bits per heavy atom. The Kier molecular flexibility index (Phi) is 7.91. The molecule has 114 valence electrons. The highest BCUT2D eigenvalue weighted by molar-refractivity contribution is 5.42. The standard InChI is InChI=1S/C19H34N/c1-5-6-7-8-9-10-11-12-17-20(3,4)19-15-13-18(2)14-16-19/h13-16H,5-12,17H2,1-4H3/q+1. The fourth-order valence-corrected chi connectivity index (χ4v) is 2.72. The van der Waals surface area contributed by atoms with Crippen LogP contribution in [0.1, 0.15) is 63.9 Å². The Hall–Kier alpha value is -0.820. The van der Waals surface area contributed by atoms with Crippen molar-refractivity contribution in [2.45, 2.75) is 65.2 Å². The topological polar surface area (TPSA) is 0 Å². The molecule has 0 spiro atoms. The van der Waals surface area contributed by atoms with Crippen molar-refractivity contribution in [2.24, 2.45) is 0 Å². The van der Waals surface area contributed by atoms with E-state index in [1.54, 1.807) is 0 Å². The zero-order chi connectivity index (χ0) is 14.8. The molecule has 0 heterocycles. The molecule has 0 saturated heterocycles. The summed E-state index contributed by atoms with van der Waals surface area (Å²) in [5.41, 5.74) is 2.78. The molecule has 0 aliphatic rings. The SMILES string of the molecule is CCCCCCCCCC[N+](C)(C)c1ccc(C)cc1. The summed E-state index contributed by atoms with van der Waals surface area (Å²) in [7, 11) is 4.65. The smallest absolute Gasteiger partial charge is 0.132 e. The maximum absolute atomic E-state index is 2.33. The van der Waals surface area contributed by atoms with E-state index in [0.717, 1.165) is 4.48 Å². The summed E-state index contributed by atoms with van der Waals surface area (Å²) < 4.78 is 1.01. The van der Waals surface area contributed by atoms with Gasteiger partial charge in [-0.2, -0.15) is 0 Å². The first-order chi connectivity index (χ1) is 9.56. The van der Waals surface area contributed by atoms with Crippen molar-refractivity contribution in [2.75, 3.05) is 20.6 Å². The van der Waals surface area contributed by atoms with Crippen LogP contribution in [-0.2, 0) is 0 Å². The van der Waals surface area contributed by atoms with Crippen molar-refractivity contribution in [3.63, 3.8) is 0 Å². The Balaban J connectivity index is 2.18. The molecule has 1 aromatic carbocycles. The predicted molar refractivity (Wildman–Crippen MR) is 92.3 cm³/mol. The molecule has 1 rings (SSSR count). The van der Waals surface area contributed by atoms with E-state index in [0.29, 0.717) is 0 Å². The van der Waals surface area contributed by atoms with E-state index in [-0.39, 0.29) is 0 Å². The maximum Gasteiger partial charge on any atom is 0.132 e. The predicted octanol–water partition coefficient (Wildman–Crippen LogP) is 5.70. The second-order valence-electron chi connectivity index (χ2n) is 6.72. The monoisotopic (exact) mass is 276 g/mol. The van der Waals surface area contributed by atoms with Crippen LogP contribution in [0.5, 0.6) is 0 Å². The first-order valence-corrected chi connectivity index (χ1v) is 8.46. The van der Waals surface area contributed by atoms with E-state index < -0.39 is 0 Å². The molecule has 0 saturated carbocycles. The van der Waals surface area contributed by atoms with Crippen LogP contribution in [0.15, 0.2) is 24.3 Å². The van der Waals surface area contributed by atoms with E-state index in [2.05, 4.69) is 52.2 Å². The van der Waals surface area contributed by atoms with Gasteiger partial charge in [0.25, 0.3) is 0 Å². The highest BCUT2D eigenvalue weighted by Gasteiger charge is 2.17. The highest BCUT2D eigenvalue weighted by atomic mass is 15.3. The van der Waals surface area contributed by atoms with Gasteiger partial charge in [0.2, 0.25) is 0 Å². The van der Waals surface area contributed by atoms with Crippen LogP contribution in [0.3, 0.4) is 0 Å². The third-order valence-electron chi connectivity index (χ3n) is 4.30. The fourth-order valence-electron chi connectivity index (χ4n) is 2.72. The van der Waals surface area contributed by atoms with E-state index in [4.69, 9.17) is 0 Å². The average molecular weight is 276 g/mol. The lowest BCUT2D eigenvalue weighted by atomic mass is 10.1. The number of hydrogen-bond donors (Lipinski definition) is 0. The number of nitrogens with zero attached hydrogens (tertiary/aromatic N) is 1. The molecule has 0 aliphatic carbocycles. The van der Waals surface area contributed by atoms with Gasteiger partial charge < -0.3 is 0 Å². The number of hydrogen-bond acceptors (Lipinski definition) is 0. The average Bonchev–Trinajstić information content (AvgIpc) is 2.42. The first kappa shape index (κ1) is 17.2. The third-order valence-corrected chi connectivity index (χ3v) is 4.30. The lowest BCUT2D eigenvalue weighted by Crippen LogP contribution is -2.41. The minimum atomic E-state index is 1.01. The largest absolute Gasteiger partial charge is 0.296 e. The summed E-state index contributed by atoms with van der Waals surface area (Å²) in [6.07, 6.45) is 11.2.